The SMILES string of the molecule is Cc1ccc(Sc2ccc(NC3CCCCC3)c3c2-c2nc-3nc3[n-]c(nc4[n+](C)c(nc5[n-]c(n2)c2c(NC6CCCCC6)ccc(Sc6ccc(C)cc6)c52)-c2c(NC5CCCCC5)ccc(Sc5ccc(C)cc5)c2-4)c2c(Sc4ccc(C)cc4)ccc(NC4CCCCC4)c32)cc1.[O]=[V+2]. The molecular formula is C85H87N12OS4V+. The third kappa shape index (κ3) is 14.8. The van der Waals surface area contributed by atoms with Crippen LogP contribution in [0.2, 0.25) is 0 Å². The Bertz CT molecular complexity index is 5140. The minimum absolute atomic E-state index is 0.281. The van der Waals surface area contributed by atoms with Gasteiger partial charge in [0, 0.05) is 136 Å². The van der Waals surface area contributed by atoms with Gasteiger partial charge in [0.1, 0.15) is 5.82 Å². The second kappa shape index (κ2) is 31.0. The first-order valence-corrected chi connectivity index (χ1v) is 41.0. The standard InChI is InChI=1S/C85H86N12S4.O.V/c1-50-26-34-58(35-27-50)98-66-46-42-62(86-54-18-10-6-11-19-54)70-74(66)81-91-78(70)90-79-71-63(87-55-20-12-7-13-21-55)43-48-68(100-60-38-30-52(3)31-39-60)76(71)83(93-79)96-85-77-69(101-61-40-32-53(4)33-41-61)49-45-65(89-57-24-16-9-17-25-57)73(77)84(97(85)5)95-82-75-67(99-59-36-28-51(2)29-37-59)47-44-64(72(75)80(92-81)94-82)88-56-22-14-8-15-23-56;;/h26-49,54-57H,6-25H2,1-5H3,(H3-2,86,87,88,89,90,91,92,93,94,95,96);;/q-2;;+2/p+1. The fourth-order valence-electron chi connectivity index (χ4n) is 16.0. The third-order valence-electron chi connectivity index (χ3n) is 21.4. The second-order valence-corrected chi connectivity index (χ2v) is 33.4. The molecule has 17 rings (SSSR count). The van der Waals surface area contributed by atoms with E-state index < -0.39 is 0 Å². The molecular weight excluding hydrogens is 1380 g/mol. The Balaban J connectivity index is 0.00000406. The van der Waals surface area contributed by atoms with Crippen LogP contribution in [0.25, 0.3) is 89.7 Å². The fourth-order valence-corrected chi connectivity index (χ4v) is 19.8. The van der Waals surface area contributed by atoms with Gasteiger partial charge in [0.25, 0.3) is 5.82 Å². The number of benzene rings is 8. The molecule has 0 unspecified atom stereocenters. The topological polar surface area (TPSA) is 162 Å². The Hall–Kier alpha value is -7.90. The number of nitrogens with one attached hydrogen (secondary N) is 4. The Morgan fingerprint density at radius 3 is 0.990 bits per heavy atom. The molecule has 0 radical (unpaired) electrons. The van der Waals surface area contributed by atoms with Crippen molar-refractivity contribution in [3.8, 4) is 45.6 Å². The quantitative estimate of drug-likeness (QED) is 0.0676. The molecule has 6 aliphatic rings. The van der Waals surface area contributed by atoms with E-state index in [1.807, 2.05) is 0 Å². The molecule has 521 valence electrons. The molecule has 11 aromatic rings. The van der Waals surface area contributed by atoms with E-state index in [4.69, 9.17) is 38.6 Å². The molecule has 0 amide bonds. The third-order valence-corrected chi connectivity index (χ3v) is 25.7. The van der Waals surface area contributed by atoms with Crippen LogP contribution in [0.4, 0.5) is 22.7 Å². The predicted octanol–water partition coefficient (Wildman–Crippen LogP) is 22.3. The summed E-state index contributed by atoms with van der Waals surface area (Å²) >= 11 is 8.10. The van der Waals surface area contributed by atoms with Gasteiger partial charge in [-0.25, -0.2) is 4.98 Å². The molecule has 4 fully saturated rings. The van der Waals surface area contributed by atoms with Gasteiger partial charge in [0.05, 0.1) is 29.8 Å². The van der Waals surface area contributed by atoms with Crippen molar-refractivity contribution in [2.75, 3.05) is 21.3 Å². The summed E-state index contributed by atoms with van der Waals surface area (Å²) in [7, 11) is 2.16. The van der Waals surface area contributed by atoms with Gasteiger partial charge in [-0.3, -0.25) is 4.57 Å². The van der Waals surface area contributed by atoms with E-state index in [2.05, 4.69) is 206 Å². The Kier molecular flexibility index (Phi) is 20.9. The molecule has 5 heterocycles. The first-order chi connectivity index (χ1) is 50.5. The van der Waals surface area contributed by atoms with Crippen LogP contribution < -0.4 is 35.8 Å². The average Bonchev–Trinajstić information content (AvgIpc) is 1.58. The van der Waals surface area contributed by atoms with E-state index in [1.54, 1.807) is 47.0 Å². The molecule has 18 heteroatoms. The number of hydrogen-bond acceptors (Lipinski definition) is 14. The van der Waals surface area contributed by atoms with Crippen LogP contribution in [0.5, 0.6) is 0 Å². The molecule has 0 spiro atoms. The van der Waals surface area contributed by atoms with Crippen LogP contribution >= 0.6 is 47.0 Å². The zero-order valence-corrected chi connectivity index (χ0v) is 64.0. The van der Waals surface area contributed by atoms with E-state index in [-0.39, 0.29) is 24.2 Å². The molecule has 4 N–H and O–H groups in total. The summed E-state index contributed by atoms with van der Waals surface area (Å²) in [5.41, 5.74) is 15.0. The van der Waals surface area contributed by atoms with Crippen molar-refractivity contribution in [3.05, 3.63) is 168 Å². The van der Waals surface area contributed by atoms with Crippen molar-refractivity contribution in [2.24, 2.45) is 7.05 Å². The monoisotopic (exact) mass is 1470 g/mol. The molecule has 8 bridgehead atoms. The molecule has 2 aliphatic heterocycles. The van der Waals surface area contributed by atoms with Gasteiger partial charge in [-0.15, -0.1) is 0 Å². The van der Waals surface area contributed by atoms with Crippen molar-refractivity contribution in [2.45, 2.75) is 219 Å². The van der Waals surface area contributed by atoms with E-state index >= 15 is 0 Å². The Labute approximate surface area is 630 Å². The maximum absolute atomic E-state index is 8.19. The van der Waals surface area contributed by atoms with Gasteiger partial charge < -0.3 is 46.2 Å². The zero-order valence-electron chi connectivity index (χ0n) is 59.4. The van der Waals surface area contributed by atoms with Crippen LogP contribution in [-0.4, -0.2) is 49.1 Å². The van der Waals surface area contributed by atoms with E-state index in [1.165, 1.54) is 99.3 Å². The predicted molar refractivity (Wildman–Crippen MR) is 421 cm³/mol. The molecule has 3 aromatic heterocycles. The summed E-state index contributed by atoms with van der Waals surface area (Å²) in [5.74, 6) is 2.61. The molecule has 0 saturated heterocycles. The number of fused-ring (bicyclic) bond motifs is 20. The maximum atomic E-state index is 8.19. The fraction of sp³-hybridized carbons (Fsp3) is 0.341. The van der Waals surface area contributed by atoms with Crippen LogP contribution in [0, 0.1) is 27.7 Å². The Morgan fingerprint density at radius 2 is 0.612 bits per heavy atom. The summed E-state index contributed by atoms with van der Waals surface area (Å²) in [6.45, 7) is 8.62. The summed E-state index contributed by atoms with van der Waals surface area (Å²) in [6, 6.07) is 55.0. The van der Waals surface area contributed by atoms with Crippen molar-refractivity contribution in [1.82, 2.24) is 34.9 Å². The summed E-state index contributed by atoms with van der Waals surface area (Å²) in [6.07, 6.45) is 23.2. The van der Waals surface area contributed by atoms with Gasteiger partial charge in [-0.05, 0) is 176 Å². The van der Waals surface area contributed by atoms with Crippen molar-refractivity contribution >= 4 is 114 Å². The number of nitrogens with zero attached hydrogens (tertiary/aromatic N) is 8. The molecule has 103 heavy (non-hydrogen) atoms. The molecule has 13 nitrogen and oxygen atoms in total. The van der Waals surface area contributed by atoms with Crippen molar-refractivity contribution in [1.29, 1.82) is 0 Å². The Morgan fingerprint density at radius 1 is 0.320 bits per heavy atom. The van der Waals surface area contributed by atoms with E-state index in [9.17, 15) is 0 Å². The second-order valence-electron chi connectivity index (χ2n) is 29.0. The van der Waals surface area contributed by atoms with Crippen molar-refractivity contribution in [3.63, 3.8) is 0 Å². The summed E-state index contributed by atoms with van der Waals surface area (Å²) in [5, 5.41) is 20.4. The summed E-state index contributed by atoms with van der Waals surface area (Å²) in [4.78, 5) is 50.7. The van der Waals surface area contributed by atoms with E-state index in [0.29, 0.717) is 34.2 Å². The summed E-state index contributed by atoms with van der Waals surface area (Å²) < 4.78 is 10.4. The van der Waals surface area contributed by atoms with Crippen LogP contribution in [0.1, 0.15) is 151 Å². The average molecular weight is 1470 g/mol. The number of anilines is 4. The number of aryl methyl sites for hydroxylation is 4. The van der Waals surface area contributed by atoms with Crippen LogP contribution in [0.15, 0.2) is 185 Å². The molecule has 8 aromatic carbocycles. The molecule has 4 saturated carbocycles. The number of rotatable bonds is 16. The normalized spacial score (nSPS) is 15.9. The van der Waals surface area contributed by atoms with Gasteiger partial charge in [0.2, 0.25) is 0 Å². The van der Waals surface area contributed by atoms with Gasteiger partial charge >= 0.3 is 21.0 Å². The number of hydrogen-bond donors (Lipinski definition) is 4. The first-order valence-electron chi connectivity index (χ1n) is 37.2. The van der Waals surface area contributed by atoms with Gasteiger partial charge in [0.15, 0.2) is 5.65 Å². The van der Waals surface area contributed by atoms with Crippen LogP contribution in [0.3, 0.4) is 0 Å². The van der Waals surface area contributed by atoms with Gasteiger partial charge in [-0.2, -0.15) is 0 Å². The minimum atomic E-state index is 0.281. The van der Waals surface area contributed by atoms with Crippen molar-refractivity contribution < 1.29 is 25.6 Å². The first kappa shape index (κ1) is 69.5. The molecule has 4 aliphatic carbocycles. The van der Waals surface area contributed by atoms with E-state index in [0.717, 1.165) is 186 Å². The molecule has 0 atom stereocenters. The van der Waals surface area contributed by atoms with Crippen LogP contribution in [-0.2, 0) is 28.1 Å². The number of aromatic nitrogens is 8. The zero-order chi connectivity index (χ0) is 70.1. The van der Waals surface area contributed by atoms with Gasteiger partial charge in [-0.1, -0.05) is 200 Å².